The van der Waals surface area contributed by atoms with Crippen molar-refractivity contribution in [2.45, 2.75) is 18.0 Å². The van der Waals surface area contributed by atoms with Gasteiger partial charge in [0.2, 0.25) is 0 Å². The van der Waals surface area contributed by atoms with Gasteiger partial charge in [-0.3, -0.25) is 0 Å². The standard InChI is InChI=1S/C23H18F3NS/c1-17-7-5-8-18(15-17)22(27-20-10-3-2-4-11-20)13-14-28-21-12-6-9-19(16-21)23(24,25)26/h2-16H,1H3. The maximum absolute atomic E-state index is 12.9. The Morgan fingerprint density at radius 1 is 0.893 bits per heavy atom. The first-order chi connectivity index (χ1) is 13.4. The van der Waals surface area contributed by atoms with Crippen LogP contribution in [0.2, 0.25) is 0 Å². The molecule has 0 heterocycles. The van der Waals surface area contributed by atoms with E-state index in [2.05, 4.69) is 0 Å². The van der Waals surface area contributed by atoms with Crippen LogP contribution in [-0.2, 0) is 6.18 Å². The van der Waals surface area contributed by atoms with Crippen molar-refractivity contribution in [3.05, 3.63) is 107 Å². The SMILES string of the molecule is Cc1cccc(C(C=CSc2cccc(C(F)(F)F)c2)=Nc2ccccc2)c1. The van der Waals surface area contributed by atoms with Crippen molar-refractivity contribution >= 4 is 23.2 Å². The highest BCUT2D eigenvalue weighted by atomic mass is 32.2. The Morgan fingerprint density at radius 2 is 1.64 bits per heavy atom. The summed E-state index contributed by atoms with van der Waals surface area (Å²) in [5.74, 6) is 0. The van der Waals surface area contributed by atoms with E-state index in [0.717, 1.165) is 34.7 Å². The van der Waals surface area contributed by atoms with E-state index in [1.165, 1.54) is 17.8 Å². The number of halogens is 3. The first kappa shape index (κ1) is 20.0. The van der Waals surface area contributed by atoms with Gasteiger partial charge in [0.15, 0.2) is 0 Å². The van der Waals surface area contributed by atoms with Gasteiger partial charge in [-0.25, -0.2) is 4.99 Å². The molecule has 1 nitrogen and oxygen atoms in total. The summed E-state index contributed by atoms with van der Waals surface area (Å²) >= 11 is 1.23. The molecule has 0 atom stereocenters. The molecule has 0 saturated carbocycles. The molecule has 0 N–H and O–H groups in total. The molecular formula is C23H18F3NS. The summed E-state index contributed by atoms with van der Waals surface area (Å²) in [7, 11) is 0. The molecule has 3 aromatic rings. The van der Waals surface area contributed by atoms with E-state index in [9.17, 15) is 13.2 Å². The second kappa shape index (κ2) is 8.93. The molecule has 0 unspecified atom stereocenters. The minimum Gasteiger partial charge on any atom is -0.248 e. The van der Waals surface area contributed by atoms with Crippen LogP contribution in [0.15, 0.2) is 100 Å². The third kappa shape index (κ3) is 5.60. The predicted molar refractivity (Wildman–Crippen MR) is 110 cm³/mol. The first-order valence-electron chi connectivity index (χ1n) is 8.63. The molecule has 0 aliphatic heterocycles. The molecule has 0 aromatic heterocycles. The van der Waals surface area contributed by atoms with Crippen molar-refractivity contribution in [1.82, 2.24) is 0 Å². The van der Waals surface area contributed by atoms with Crippen LogP contribution in [0.5, 0.6) is 0 Å². The zero-order chi connectivity index (χ0) is 20.0. The Labute approximate surface area is 166 Å². The zero-order valence-corrected chi connectivity index (χ0v) is 16.0. The highest BCUT2D eigenvalue weighted by Crippen LogP contribution is 2.32. The van der Waals surface area contributed by atoms with Gasteiger partial charge in [0.1, 0.15) is 0 Å². The number of rotatable bonds is 5. The molecule has 0 fully saturated rings. The summed E-state index contributed by atoms with van der Waals surface area (Å²) in [6.45, 7) is 2.00. The van der Waals surface area contributed by atoms with Crippen molar-refractivity contribution in [2.75, 3.05) is 0 Å². The van der Waals surface area contributed by atoms with Gasteiger partial charge in [-0.2, -0.15) is 13.2 Å². The fourth-order valence-electron chi connectivity index (χ4n) is 2.57. The lowest BCUT2D eigenvalue weighted by molar-refractivity contribution is -0.137. The van der Waals surface area contributed by atoms with E-state index >= 15 is 0 Å². The van der Waals surface area contributed by atoms with Crippen LogP contribution in [0.4, 0.5) is 18.9 Å². The minimum atomic E-state index is -4.35. The number of nitrogens with zero attached hydrogens (tertiary/aromatic N) is 1. The predicted octanol–water partition coefficient (Wildman–Crippen LogP) is 7.44. The van der Waals surface area contributed by atoms with Gasteiger partial charge in [0.05, 0.1) is 17.0 Å². The normalized spacial score (nSPS) is 12.5. The summed E-state index contributed by atoms with van der Waals surface area (Å²) in [6.07, 6.45) is -2.52. The first-order valence-corrected chi connectivity index (χ1v) is 9.51. The number of hydrogen-bond donors (Lipinski definition) is 0. The lowest BCUT2D eigenvalue weighted by Gasteiger charge is -2.07. The van der Waals surface area contributed by atoms with Crippen molar-refractivity contribution in [3.8, 4) is 0 Å². The fraction of sp³-hybridized carbons (Fsp3) is 0.0870. The molecule has 142 valence electrons. The number of thioether (sulfide) groups is 1. The second-order valence-electron chi connectivity index (χ2n) is 6.15. The molecule has 0 saturated heterocycles. The summed E-state index contributed by atoms with van der Waals surface area (Å²) in [6, 6.07) is 22.8. The molecule has 0 spiro atoms. The van der Waals surface area contributed by atoms with Gasteiger partial charge < -0.3 is 0 Å². The van der Waals surface area contributed by atoms with E-state index in [-0.39, 0.29) is 0 Å². The Balaban J connectivity index is 1.87. The number of aryl methyl sites for hydroxylation is 1. The highest BCUT2D eigenvalue weighted by molar-refractivity contribution is 8.02. The monoisotopic (exact) mass is 397 g/mol. The third-order valence-corrected chi connectivity index (χ3v) is 4.71. The number of alkyl halides is 3. The minimum absolute atomic E-state index is 0.523. The highest BCUT2D eigenvalue weighted by Gasteiger charge is 2.30. The average Bonchev–Trinajstić information content (AvgIpc) is 2.68. The summed E-state index contributed by atoms with van der Waals surface area (Å²) in [5, 5.41) is 1.76. The van der Waals surface area contributed by atoms with E-state index in [1.807, 2.05) is 67.6 Å². The van der Waals surface area contributed by atoms with Crippen LogP contribution >= 0.6 is 11.8 Å². The van der Waals surface area contributed by atoms with E-state index in [1.54, 1.807) is 11.5 Å². The Hall–Kier alpha value is -2.79. The molecule has 5 heteroatoms. The number of para-hydroxylation sites is 1. The van der Waals surface area contributed by atoms with Gasteiger partial charge in [0, 0.05) is 10.5 Å². The van der Waals surface area contributed by atoms with Crippen molar-refractivity contribution in [2.24, 2.45) is 4.99 Å². The zero-order valence-electron chi connectivity index (χ0n) is 15.1. The van der Waals surface area contributed by atoms with Crippen LogP contribution in [0.1, 0.15) is 16.7 Å². The molecular weight excluding hydrogens is 379 g/mol. The van der Waals surface area contributed by atoms with Gasteiger partial charge in [-0.15, -0.1) is 0 Å². The second-order valence-corrected chi connectivity index (χ2v) is 7.13. The van der Waals surface area contributed by atoms with Gasteiger partial charge in [-0.05, 0) is 54.8 Å². The van der Waals surface area contributed by atoms with E-state index < -0.39 is 11.7 Å². The number of hydrogen-bond acceptors (Lipinski definition) is 2. The van der Waals surface area contributed by atoms with Crippen LogP contribution < -0.4 is 0 Å². The molecule has 0 radical (unpaired) electrons. The van der Waals surface area contributed by atoms with Crippen LogP contribution in [0.25, 0.3) is 0 Å². The number of benzene rings is 3. The molecule has 0 bridgehead atoms. The molecule has 3 aromatic carbocycles. The molecule has 0 amide bonds. The number of aliphatic imine (C=N–C) groups is 1. The van der Waals surface area contributed by atoms with E-state index in [4.69, 9.17) is 4.99 Å². The van der Waals surface area contributed by atoms with Crippen LogP contribution in [0.3, 0.4) is 0 Å². The van der Waals surface area contributed by atoms with Gasteiger partial charge in [-0.1, -0.05) is 59.8 Å². The fourth-order valence-corrected chi connectivity index (χ4v) is 3.27. The maximum Gasteiger partial charge on any atom is 0.416 e. The van der Waals surface area contributed by atoms with E-state index in [0.29, 0.717) is 4.90 Å². The summed E-state index contributed by atoms with van der Waals surface area (Å²) < 4.78 is 38.6. The van der Waals surface area contributed by atoms with Crippen molar-refractivity contribution in [3.63, 3.8) is 0 Å². The Kier molecular flexibility index (Phi) is 6.37. The Bertz CT molecular complexity index is 992. The molecule has 0 aliphatic carbocycles. The maximum atomic E-state index is 12.9. The van der Waals surface area contributed by atoms with Crippen molar-refractivity contribution in [1.29, 1.82) is 0 Å². The van der Waals surface area contributed by atoms with Gasteiger partial charge >= 0.3 is 6.18 Å². The topological polar surface area (TPSA) is 12.4 Å². The van der Waals surface area contributed by atoms with Gasteiger partial charge in [0.25, 0.3) is 0 Å². The number of allylic oxidation sites excluding steroid dienone is 1. The van der Waals surface area contributed by atoms with Crippen LogP contribution in [-0.4, -0.2) is 5.71 Å². The summed E-state index contributed by atoms with van der Waals surface area (Å²) in [5.41, 5.74) is 2.96. The third-order valence-electron chi connectivity index (χ3n) is 3.91. The average molecular weight is 397 g/mol. The Morgan fingerprint density at radius 3 is 2.36 bits per heavy atom. The lowest BCUT2D eigenvalue weighted by Crippen LogP contribution is -2.04. The lowest BCUT2D eigenvalue weighted by atomic mass is 10.1. The van der Waals surface area contributed by atoms with Crippen LogP contribution in [0, 0.1) is 6.92 Å². The van der Waals surface area contributed by atoms with Crippen molar-refractivity contribution < 1.29 is 13.2 Å². The quantitative estimate of drug-likeness (QED) is 0.322. The largest absolute Gasteiger partial charge is 0.416 e. The molecule has 0 aliphatic rings. The molecule has 28 heavy (non-hydrogen) atoms. The molecule has 3 rings (SSSR count). The smallest absolute Gasteiger partial charge is 0.248 e. The summed E-state index contributed by atoms with van der Waals surface area (Å²) in [4.78, 5) is 5.22.